The molecule has 0 aliphatic carbocycles. The first kappa shape index (κ1) is 30.4. The Morgan fingerprint density at radius 1 is 0.949 bits per heavy atom. The summed E-state index contributed by atoms with van der Waals surface area (Å²) in [5.41, 5.74) is 3.14. The lowest BCUT2D eigenvalue weighted by Gasteiger charge is -2.34. The van der Waals surface area contributed by atoms with Crippen LogP contribution in [-0.2, 0) is 32.6 Å². The van der Waals surface area contributed by atoms with E-state index in [4.69, 9.17) is 0 Å². The molecule has 0 spiro atoms. The highest BCUT2D eigenvalue weighted by atomic mass is 79.9. The molecule has 0 heterocycles. The molecule has 0 saturated carbocycles. The smallest absolute Gasteiger partial charge is 0.244 e. The predicted molar refractivity (Wildman–Crippen MR) is 160 cm³/mol. The van der Waals surface area contributed by atoms with Gasteiger partial charge in [0.15, 0.2) is 0 Å². The van der Waals surface area contributed by atoms with E-state index in [-0.39, 0.29) is 24.9 Å². The van der Waals surface area contributed by atoms with Gasteiger partial charge in [-0.05, 0) is 49.6 Å². The molecular weight excluding hydrogens is 578 g/mol. The Balaban J connectivity index is 2.06. The van der Waals surface area contributed by atoms with E-state index in [2.05, 4.69) is 21.2 Å². The van der Waals surface area contributed by atoms with Crippen molar-refractivity contribution < 1.29 is 18.0 Å². The fraction of sp³-hybridized carbons (Fsp3) is 0.333. The zero-order valence-corrected chi connectivity index (χ0v) is 25.2. The topological polar surface area (TPSA) is 86.8 Å². The number of hydrogen-bond donors (Lipinski definition) is 1. The van der Waals surface area contributed by atoms with Gasteiger partial charge < -0.3 is 10.2 Å². The minimum absolute atomic E-state index is 0.0825. The van der Waals surface area contributed by atoms with Gasteiger partial charge in [-0.2, -0.15) is 0 Å². The maximum absolute atomic E-state index is 14.1. The largest absolute Gasteiger partial charge is 0.352 e. The van der Waals surface area contributed by atoms with Crippen molar-refractivity contribution in [3.8, 4) is 0 Å². The maximum Gasteiger partial charge on any atom is 0.244 e. The minimum Gasteiger partial charge on any atom is -0.352 e. The lowest BCUT2D eigenvalue weighted by molar-refractivity contribution is -0.140. The van der Waals surface area contributed by atoms with Crippen LogP contribution >= 0.6 is 15.9 Å². The first-order valence-electron chi connectivity index (χ1n) is 12.9. The molecule has 39 heavy (non-hydrogen) atoms. The van der Waals surface area contributed by atoms with Crippen LogP contribution in [0.2, 0.25) is 0 Å². The third kappa shape index (κ3) is 8.93. The number of benzene rings is 3. The molecule has 2 atom stereocenters. The molecule has 3 aromatic carbocycles. The third-order valence-electron chi connectivity index (χ3n) is 6.48. The summed E-state index contributed by atoms with van der Waals surface area (Å²) in [7, 11) is -3.81. The average Bonchev–Trinajstić information content (AvgIpc) is 2.89. The van der Waals surface area contributed by atoms with E-state index in [0.717, 1.165) is 33.7 Å². The number of halogens is 1. The van der Waals surface area contributed by atoms with Crippen LogP contribution < -0.4 is 9.62 Å². The minimum atomic E-state index is -3.81. The number of rotatable bonds is 12. The second-order valence-electron chi connectivity index (χ2n) is 9.78. The van der Waals surface area contributed by atoms with E-state index in [1.165, 1.54) is 4.90 Å². The Kier molecular flexibility index (Phi) is 10.7. The van der Waals surface area contributed by atoms with Gasteiger partial charge in [0.05, 0.1) is 11.9 Å². The molecule has 3 aromatic rings. The van der Waals surface area contributed by atoms with Crippen LogP contribution in [0.5, 0.6) is 0 Å². The van der Waals surface area contributed by atoms with Gasteiger partial charge in [-0.25, -0.2) is 8.42 Å². The molecule has 0 aliphatic rings. The molecule has 2 amide bonds. The number of aryl methyl sites for hydroxylation is 1. The number of nitrogens with one attached hydrogen (secondary N) is 1. The van der Waals surface area contributed by atoms with E-state index in [1.807, 2.05) is 75.4 Å². The zero-order valence-electron chi connectivity index (χ0n) is 22.8. The van der Waals surface area contributed by atoms with Gasteiger partial charge in [0.2, 0.25) is 21.8 Å². The van der Waals surface area contributed by atoms with Crippen molar-refractivity contribution in [2.45, 2.75) is 52.2 Å². The van der Waals surface area contributed by atoms with Crippen molar-refractivity contribution in [3.05, 3.63) is 100 Å². The summed E-state index contributed by atoms with van der Waals surface area (Å²) >= 11 is 3.38. The zero-order chi connectivity index (χ0) is 28.6. The number of amides is 2. The van der Waals surface area contributed by atoms with E-state index < -0.39 is 28.5 Å². The number of anilines is 1. The molecule has 9 heteroatoms. The summed E-state index contributed by atoms with van der Waals surface area (Å²) < 4.78 is 27.5. The van der Waals surface area contributed by atoms with Crippen LogP contribution in [0.4, 0.5) is 5.69 Å². The maximum atomic E-state index is 14.1. The molecule has 0 aliphatic heterocycles. The van der Waals surface area contributed by atoms with Crippen molar-refractivity contribution in [1.82, 2.24) is 10.2 Å². The van der Waals surface area contributed by atoms with Crippen molar-refractivity contribution in [3.63, 3.8) is 0 Å². The third-order valence-corrected chi connectivity index (χ3v) is 8.12. The van der Waals surface area contributed by atoms with Crippen LogP contribution in [0.3, 0.4) is 0 Å². The molecule has 7 nitrogen and oxygen atoms in total. The van der Waals surface area contributed by atoms with Crippen molar-refractivity contribution in [2.75, 3.05) is 17.1 Å². The van der Waals surface area contributed by atoms with Crippen molar-refractivity contribution in [2.24, 2.45) is 0 Å². The quantitative estimate of drug-likeness (QED) is 0.309. The Morgan fingerprint density at radius 2 is 1.62 bits per heavy atom. The number of nitrogens with zero attached hydrogens (tertiary/aromatic N) is 2. The van der Waals surface area contributed by atoms with Crippen LogP contribution in [0.1, 0.15) is 37.0 Å². The van der Waals surface area contributed by atoms with Gasteiger partial charge in [-0.15, -0.1) is 0 Å². The van der Waals surface area contributed by atoms with Gasteiger partial charge in [0.1, 0.15) is 12.6 Å². The molecule has 208 valence electrons. The van der Waals surface area contributed by atoms with Gasteiger partial charge >= 0.3 is 0 Å². The Labute approximate surface area is 240 Å². The highest BCUT2D eigenvalue weighted by Crippen LogP contribution is 2.23. The van der Waals surface area contributed by atoms with E-state index in [1.54, 1.807) is 24.3 Å². The first-order valence-corrected chi connectivity index (χ1v) is 15.5. The van der Waals surface area contributed by atoms with Gasteiger partial charge in [-0.3, -0.25) is 13.9 Å². The summed E-state index contributed by atoms with van der Waals surface area (Å²) in [6.07, 6.45) is 2.10. The van der Waals surface area contributed by atoms with Crippen molar-refractivity contribution >= 4 is 43.5 Å². The van der Waals surface area contributed by atoms with Crippen LogP contribution in [-0.4, -0.2) is 50.0 Å². The highest BCUT2D eigenvalue weighted by molar-refractivity contribution is 9.10. The summed E-state index contributed by atoms with van der Waals surface area (Å²) in [6, 6.07) is 23.1. The second-order valence-corrected chi connectivity index (χ2v) is 12.6. The number of hydrogen-bond acceptors (Lipinski definition) is 4. The number of sulfonamides is 1. The molecule has 0 unspecified atom stereocenters. The van der Waals surface area contributed by atoms with E-state index >= 15 is 0 Å². The highest BCUT2D eigenvalue weighted by Gasteiger charge is 2.33. The Bertz CT molecular complexity index is 1380. The van der Waals surface area contributed by atoms with Crippen LogP contribution in [0, 0.1) is 6.92 Å². The number of carbonyl (C=O) groups is 2. The molecular formula is C30H36BrN3O4S. The lowest BCUT2D eigenvalue weighted by Crippen LogP contribution is -2.54. The van der Waals surface area contributed by atoms with Gasteiger partial charge in [0, 0.05) is 23.5 Å². The fourth-order valence-electron chi connectivity index (χ4n) is 4.25. The van der Waals surface area contributed by atoms with Crippen molar-refractivity contribution in [1.29, 1.82) is 0 Å². The van der Waals surface area contributed by atoms with E-state index in [9.17, 15) is 18.0 Å². The summed E-state index contributed by atoms with van der Waals surface area (Å²) in [4.78, 5) is 29.3. The van der Waals surface area contributed by atoms with Crippen LogP contribution in [0.15, 0.2) is 83.3 Å². The second kappa shape index (κ2) is 13.8. The summed E-state index contributed by atoms with van der Waals surface area (Å²) in [6.45, 7) is 5.58. The molecule has 0 radical (unpaired) electrons. The van der Waals surface area contributed by atoms with Crippen LogP contribution in [0.25, 0.3) is 0 Å². The summed E-state index contributed by atoms with van der Waals surface area (Å²) in [5, 5.41) is 3.03. The molecule has 0 bridgehead atoms. The lowest BCUT2D eigenvalue weighted by atomic mass is 10.0. The molecule has 1 N–H and O–H groups in total. The molecule has 0 fully saturated rings. The normalized spacial score (nSPS) is 12.8. The Morgan fingerprint density at radius 3 is 2.23 bits per heavy atom. The average molecular weight is 615 g/mol. The van der Waals surface area contributed by atoms with Gasteiger partial charge in [-0.1, -0.05) is 89.1 Å². The van der Waals surface area contributed by atoms with E-state index in [0.29, 0.717) is 10.2 Å². The monoisotopic (exact) mass is 613 g/mol. The standard InChI is InChI=1S/C30H36BrN3O4S/c1-5-23(3)32-30(36)28(18-24-12-7-6-8-13-24)33(20-25-14-9-11-22(2)17-25)29(35)21-34(39(4,37)38)27-16-10-15-26(31)19-27/h6-17,19,23,28H,5,18,20-21H2,1-4H3,(H,32,36)/t23-,28-/m1/s1. The Hall–Kier alpha value is -3.17. The molecule has 0 saturated heterocycles. The van der Waals surface area contributed by atoms with Gasteiger partial charge in [0.25, 0.3) is 0 Å². The molecule has 0 aromatic heterocycles. The summed E-state index contributed by atoms with van der Waals surface area (Å²) in [5.74, 6) is -0.746. The first-order chi connectivity index (χ1) is 18.5. The number of carbonyl (C=O) groups excluding carboxylic acids is 2. The fourth-order valence-corrected chi connectivity index (χ4v) is 5.48. The SMILES string of the molecule is CC[C@@H](C)NC(=O)[C@@H](Cc1ccccc1)N(Cc1cccc(C)c1)C(=O)CN(c1cccc(Br)c1)S(C)(=O)=O. The molecule has 3 rings (SSSR count). The predicted octanol–water partition coefficient (Wildman–Crippen LogP) is 5.08.